The van der Waals surface area contributed by atoms with Crippen LogP contribution in [0.25, 0.3) is 11.1 Å². The van der Waals surface area contributed by atoms with Crippen molar-refractivity contribution in [2.24, 2.45) is 0 Å². The van der Waals surface area contributed by atoms with Crippen molar-refractivity contribution in [3.8, 4) is 34.1 Å². The quantitative estimate of drug-likeness (QED) is 0.419. The Bertz CT molecular complexity index is 841. The van der Waals surface area contributed by atoms with E-state index in [1.54, 1.807) is 0 Å². The monoisotopic (exact) mass is 414 g/mol. The smallest absolute Gasteiger partial charge is 0.308 e. The molecule has 0 saturated heterocycles. The number of benzene rings is 2. The second-order valence-electron chi connectivity index (χ2n) is 7.04. The van der Waals surface area contributed by atoms with Crippen molar-refractivity contribution in [1.29, 1.82) is 0 Å². The number of aryl methyl sites for hydroxylation is 2. The first-order chi connectivity index (χ1) is 14.3. The highest BCUT2D eigenvalue weighted by Crippen LogP contribution is 2.47. The van der Waals surface area contributed by atoms with E-state index in [-0.39, 0.29) is 11.5 Å². The molecule has 2 aromatic rings. The molecule has 0 saturated carbocycles. The molecule has 2 aromatic carbocycles. The summed E-state index contributed by atoms with van der Waals surface area (Å²) in [5, 5.41) is 0. The van der Waals surface area contributed by atoms with Gasteiger partial charge in [0.2, 0.25) is 0 Å². The first-order valence-corrected chi connectivity index (χ1v) is 10.1. The van der Waals surface area contributed by atoms with Crippen molar-refractivity contribution in [1.82, 2.24) is 0 Å². The lowest BCUT2D eigenvalue weighted by Gasteiger charge is -2.20. The summed E-state index contributed by atoms with van der Waals surface area (Å²) in [6.45, 7) is 6.84. The molecule has 0 fully saturated rings. The first kappa shape index (κ1) is 23.3. The molecule has 0 heterocycles. The van der Waals surface area contributed by atoms with Crippen molar-refractivity contribution in [2.45, 2.75) is 53.4 Å². The van der Waals surface area contributed by atoms with Crippen LogP contribution >= 0.6 is 0 Å². The molecule has 0 unspecified atom stereocenters. The van der Waals surface area contributed by atoms with E-state index in [4.69, 9.17) is 18.9 Å². The van der Waals surface area contributed by atoms with Crippen LogP contribution in [0.15, 0.2) is 24.3 Å². The van der Waals surface area contributed by atoms with Crippen LogP contribution in [0, 0.1) is 0 Å². The van der Waals surface area contributed by atoms with Gasteiger partial charge in [-0.15, -0.1) is 0 Å². The minimum atomic E-state index is -0.469. The van der Waals surface area contributed by atoms with Gasteiger partial charge >= 0.3 is 11.9 Å². The third-order valence-electron chi connectivity index (χ3n) is 4.53. The van der Waals surface area contributed by atoms with Crippen LogP contribution in [0.3, 0.4) is 0 Å². The van der Waals surface area contributed by atoms with Gasteiger partial charge in [0.05, 0.1) is 14.2 Å². The molecule has 0 aliphatic heterocycles. The molecule has 6 nitrogen and oxygen atoms in total. The minimum Gasteiger partial charge on any atom is -0.493 e. The maximum absolute atomic E-state index is 11.8. The average molecular weight is 414 g/mol. The average Bonchev–Trinajstić information content (AvgIpc) is 2.69. The fourth-order valence-corrected chi connectivity index (χ4v) is 3.39. The Labute approximate surface area is 178 Å². The highest BCUT2D eigenvalue weighted by Gasteiger charge is 2.23. The number of rotatable bonds is 9. The molecule has 0 spiro atoms. The summed E-state index contributed by atoms with van der Waals surface area (Å²) in [5.74, 6) is 0.523. The van der Waals surface area contributed by atoms with Gasteiger partial charge in [-0.2, -0.15) is 0 Å². The van der Waals surface area contributed by atoms with Crippen molar-refractivity contribution < 1.29 is 28.5 Å². The molecule has 0 aliphatic rings. The molecule has 0 N–H and O–H groups in total. The van der Waals surface area contributed by atoms with Crippen LogP contribution in [-0.4, -0.2) is 26.2 Å². The van der Waals surface area contributed by atoms with Gasteiger partial charge in [0, 0.05) is 25.0 Å². The van der Waals surface area contributed by atoms with Gasteiger partial charge < -0.3 is 18.9 Å². The topological polar surface area (TPSA) is 71.1 Å². The largest absolute Gasteiger partial charge is 0.493 e. The summed E-state index contributed by atoms with van der Waals surface area (Å²) in [6.07, 6.45) is 3.51. The summed E-state index contributed by atoms with van der Waals surface area (Å²) in [6, 6.07) is 7.62. The van der Waals surface area contributed by atoms with E-state index in [1.165, 1.54) is 28.1 Å². The summed E-state index contributed by atoms with van der Waals surface area (Å²) < 4.78 is 22.2. The van der Waals surface area contributed by atoms with E-state index in [2.05, 4.69) is 13.8 Å². The number of hydrogen-bond acceptors (Lipinski definition) is 6. The molecular formula is C24H30O6. The van der Waals surface area contributed by atoms with E-state index in [0.29, 0.717) is 22.6 Å². The van der Waals surface area contributed by atoms with Crippen molar-refractivity contribution in [3.05, 3.63) is 35.4 Å². The number of esters is 2. The summed E-state index contributed by atoms with van der Waals surface area (Å²) >= 11 is 0. The molecule has 2 rings (SSSR count). The zero-order valence-electron chi connectivity index (χ0n) is 18.6. The Morgan fingerprint density at radius 1 is 0.700 bits per heavy atom. The fourth-order valence-electron chi connectivity index (χ4n) is 3.39. The Hall–Kier alpha value is -3.02. The third-order valence-corrected chi connectivity index (χ3v) is 4.53. The van der Waals surface area contributed by atoms with Gasteiger partial charge in [-0.25, -0.2) is 0 Å². The Kier molecular flexibility index (Phi) is 8.27. The summed E-state index contributed by atoms with van der Waals surface area (Å²) in [5.41, 5.74) is 3.27. The van der Waals surface area contributed by atoms with E-state index in [9.17, 15) is 9.59 Å². The molecule has 6 heteroatoms. The van der Waals surface area contributed by atoms with E-state index in [0.717, 1.165) is 36.8 Å². The Balaban J connectivity index is 2.90. The molecule has 0 radical (unpaired) electrons. The van der Waals surface area contributed by atoms with Gasteiger partial charge in [-0.3, -0.25) is 9.59 Å². The Morgan fingerprint density at radius 2 is 1.07 bits per heavy atom. The number of methoxy groups -OCH3 is 2. The van der Waals surface area contributed by atoms with Crippen LogP contribution in [0.1, 0.15) is 51.7 Å². The van der Waals surface area contributed by atoms with Gasteiger partial charge in [0.25, 0.3) is 0 Å². The van der Waals surface area contributed by atoms with Crippen LogP contribution in [0.2, 0.25) is 0 Å². The van der Waals surface area contributed by atoms with E-state index < -0.39 is 11.9 Å². The van der Waals surface area contributed by atoms with Gasteiger partial charge in [-0.05, 0) is 48.2 Å². The lowest BCUT2D eigenvalue weighted by Crippen LogP contribution is -2.08. The number of ether oxygens (including phenoxy) is 4. The molecule has 0 amide bonds. The van der Waals surface area contributed by atoms with Crippen LogP contribution in [0.4, 0.5) is 0 Å². The molecule has 162 valence electrons. The first-order valence-electron chi connectivity index (χ1n) is 10.1. The minimum absolute atomic E-state index is 0.286. The highest BCUT2D eigenvalue weighted by molar-refractivity contribution is 5.86. The molecule has 0 atom stereocenters. The van der Waals surface area contributed by atoms with Crippen LogP contribution in [-0.2, 0) is 22.4 Å². The van der Waals surface area contributed by atoms with Gasteiger partial charge in [0.15, 0.2) is 23.0 Å². The predicted molar refractivity (Wildman–Crippen MR) is 116 cm³/mol. The number of hydrogen-bond donors (Lipinski definition) is 0. The molecule has 30 heavy (non-hydrogen) atoms. The van der Waals surface area contributed by atoms with Crippen molar-refractivity contribution in [3.63, 3.8) is 0 Å². The highest BCUT2D eigenvalue weighted by atomic mass is 16.6. The van der Waals surface area contributed by atoms with Gasteiger partial charge in [0.1, 0.15) is 0 Å². The molecule has 0 bridgehead atoms. The maximum atomic E-state index is 11.8. The molecule has 0 aromatic heterocycles. The lowest BCUT2D eigenvalue weighted by atomic mass is 9.95. The molecule has 0 aliphatic carbocycles. The zero-order chi connectivity index (χ0) is 22.3. The second kappa shape index (κ2) is 10.7. The maximum Gasteiger partial charge on any atom is 0.308 e. The third kappa shape index (κ3) is 5.53. The van der Waals surface area contributed by atoms with E-state index >= 15 is 0 Å². The standard InChI is InChI=1S/C24H30O6/c1-7-9-17-11-19(23(29-15(3)25)21(13-17)27-5)20-12-18(10-8-2)14-22(28-6)24(20)30-16(4)26/h11-14H,7-10H2,1-6H3. The number of carbonyl (C=O) groups is 2. The number of carbonyl (C=O) groups excluding carboxylic acids is 2. The Morgan fingerprint density at radius 3 is 1.33 bits per heavy atom. The normalized spacial score (nSPS) is 10.5. The predicted octanol–water partition coefficient (Wildman–Crippen LogP) is 5.13. The fraction of sp³-hybridized carbons (Fsp3) is 0.417. The lowest BCUT2D eigenvalue weighted by molar-refractivity contribution is -0.133. The van der Waals surface area contributed by atoms with Crippen LogP contribution < -0.4 is 18.9 Å². The SMILES string of the molecule is CCCc1cc(OC)c(OC(C)=O)c(-c2cc(CCC)cc(OC)c2OC(C)=O)c1. The summed E-state index contributed by atoms with van der Waals surface area (Å²) in [7, 11) is 3.06. The van der Waals surface area contributed by atoms with Gasteiger partial charge in [-0.1, -0.05) is 26.7 Å². The van der Waals surface area contributed by atoms with Crippen molar-refractivity contribution in [2.75, 3.05) is 14.2 Å². The zero-order valence-corrected chi connectivity index (χ0v) is 18.6. The van der Waals surface area contributed by atoms with E-state index in [1.807, 2.05) is 24.3 Å². The second-order valence-corrected chi connectivity index (χ2v) is 7.04. The van der Waals surface area contributed by atoms with Crippen LogP contribution in [0.5, 0.6) is 23.0 Å². The molecular weight excluding hydrogens is 384 g/mol. The van der Waals surface area contributed by atoms with Crippen molar-refractivity contribution >= 4 is 11.9 Å². The summed E-state index contributed by atoms with van der Waals surface area (Å²) in [4.78, 5) is 23.7.